The maximum Gasteiger partial charge on any atom is 0.416 e. The number of nitro groups is 2. The highest BCUT2D eigenvalue weighted by molar-refractivity contribution is 5.95. The number of carbonyl (C=O) groups is 1. The lowest BCUT2D eigenvalue weighted by Gasteiger charge is -2.38. The lowest BCUT2D eigenvalue weighted by atomic mass is 10.1. The van der Waals surface area contributed by atoms with Gasteiger partial charge >= 0.3 is 6.18 Å². The average Bonchev–Trinajstić information content (AvgIpc) is 3.00. The van der Waals surface area contributed by atoms with Crippen molar-refractivity contribution in [2.24, 2.45) is 0 Å². The molecule has 0 spiro atoms. The average molecular weight is 599 g/mol. The number of alkyl halides is 3. The van der Waals surface area contributed by atoms with Crippen molar-refractivity contribution in [1.82, 2.24) is 4.90 Å². The van der Waals surface area contributed by atoms with Crippen LogP contribution in [-0.4, -0.2) is 73.0 Å². The first kappa shape index (κ1) is 29.6. The quantitative estimate of drug-likeness (QED) is 0.284. The van der Waals surface area contributed by atoms with Gasteiger partial charge in [-0.25, -0.2) is 0 Å². The number of nitrogens with zero attached hydrogens (tertiary/aromatic N) is 6. The van der Waals surface area contributed by atoms with Gasteiger partial charge in [0.25, 0.3) is 17.3 Å². The molecule has 43 heavy (non-hydrogen) atoms. The highest BCUT2D eigenvalue weighted by Crippen LogP contribution is 2.38. The van der Waals surface area contributed by atoms with Crippen LogP contribution in [0.2, 0.25) is 0 Å². The standard InChI is InChI=1S/C29H29F3N6O5/c1-20-4-2-3-5-23(20)28(39)36-16-10-33(11-17-36)22-7-9-25(37(40)41)26(19-22)35-14-12-34(13-15-35)24-8-6-21(29(30,31)32)18-27(24)38(42)43/h2-9,18-19H,10-17H2,1H3. The molecule has 1 amide bonds. The number of carbonyl (C=O) groups excluding carboxylic acids is 1. The zero-order valence-electron chi connectivity index (χ0n) is 23.3. The van der Waals surface area contributed by atoms with Crippen LogP contribution >= 0.6 is 0 Å². The molecule has 0 atom stereocenters. The van der Waals surface area contributed by atoms with E-state index in [1.54, 1.807) is 21.9 Å². The molecule has 2 saturated heterocycles. The summed E-state index contributed by atoms with van der Waals surface area (Å²) >= 11 is 0. The number of anilines is 3. The molecule has 5 rings (SSSR count). The fourth-order valence-electron chi connectivity index (χ4n) is 5.57. The van der Waals surface area contributed by atoms with Crippen molar-refractivity contribution in [3.05, 3.63) is 97.6 Å². The van der Waals surface area contributed by atoms with E-state index in [4.69, 9.17) is 0 Å². The van der Waals surface area contributed by atoms with Crippen LogP contribution in [0.4, 0.5) is 41.6 Å². The van der Waals surface area contributed by atoms with Crippen molar-refractivity contribution >= 4 is 34.3 Å². The summed E-state index contributed by atoms with van der Waals surface area (Å²) in [6.07, 6.45) is -4.71. The molecule has 3 aromatic rings. The van der Waals surface area contributed by atoms with Crippen LogP contribution in [0.5, 0.6) is 0 Å². The number of piperazine rings is 2. The first-order valence-electron chi connectivity index (χ1n) is 13.7. The Hall–Kier alpha value is -4.88. The zero-order chi connectivity index (χ0) is 30.9. The Balaban J connectivity index is 1.30. The van der Waals surface area contributed by atoms with Crippen LogP contribution in [0, 0.1) is 27.2 Å². The second-order valence-corrected chi connectivity index (χ2v) is 10.5. The molecule has 3 aromatic carbocycles. The third-order valence-electron chi connectivity index (χ3n) is 7.92. The number of amides is 1. The number of nitro benzene ring substituents is 2. The van der Waals surface area contributed by atoms with Crippen molar-refractivity contribution < 1.29 is 27.8 Å². The summed E-state index contributed by atoms with van der Waals surface area (Å²) in [5.41, 5.74) is 0.958. The van der Waals surface area contributed by atoms with Crippen LogP contribution in [0.15, 0.2) is 60.7 Å². The maximum atomic E-state index is 13.1. The highest BCUT2D eigenvalue weighted by atomic mass is 19.4. The van der Waals surface area contributed by atoms with Gasteiger partial charge < -0.3 is 19.6 Å². The number of hydrogen-bond donors (Lipinski definition) is 0. The topological polar surface area (TPSA) is 116 Å². The molecule has 0 N–H and O–H groups in total. The van der Waals surface area contributed by atoms with Crippen LogP contribution in [-0.2, 0) is 6.18 Å². The summed E-state index contributed by atoms with van der Waals surface area (Å²) in [6.45, 7) is 4.92. The molecule has 14 heteroatoms. The number of rotatable bonds is 6. The molecule has 0 aromatic heterocycles. The molecule has 0 aliphatic carbocycles. The fourth-order valence-corrected chi connectivity index (χ4v) is 5.57. The Morgan fingerprint density at radius 2 is 1.30 bits per heavy atom. The first-order valence-corrected chi connectivity index (χ1v) is 13.7. The number of hydrogen-bond acceptors (Lipinski definition) is 8. The van der Waals surface area contributed by atoms with E-state index in [0.29, 0.717) is 43.5 Å². The van der Waals surface area contributed by atoms with Crippen molar-refractivity contribution in [1.29, 1.82) is 0 Å². The van der Waals surface area contributed by atoms with Gasteiger partial charge in [0.15, 0.2) is 0 Å². The van der Waals surface area contributed by atoms with Gasteiger partial charge in [-0.3, -0.25) is 25.0 Å². The smallest absolute Gasteiger partial charge is 0.368 e. The predicted octanol–water partition coefficient (Wildman–Crippen LogP) is 5.12. The lowest BCUT2D eigenvalue weighted by Crippen LogP contribution is -2.49. The third-order valence-corrected chi connectivity index (χ3v) is 7.92. The van der Waals surface area contributed by atoms with E-state index in [1.165, 1.54) is 6.07 Å². The number of halogens is 3. The Labute approximate surface area is 245 Å². The van der Waals surface area contributed by atoms with E-state index in [-0.39, 0.29) is 43.5 Å². The van der Waals surface area contributed by atoms with E-state index < -0.39 is 27.3 Å². The lowest BCUT2D eigenvalue weighted by molar-refractivity contribution is -0.384. The second-order valence-electron chi connectivity index (χ2n) is 10.5. The van der Waals surface area contributed by atoms with Crippen LogP contribution in [0.3, 0.4) is 0 Å². The Morgan fingerprint density at radius 3 is 1.88 bits per heavy atom. The van der Waals surface area contributed by atoms with E-state index >= 15 is 0 Å². The van der Waals surface area contributed by atoms with E-state index in [2.05, 4.69) is 4.90 Å². The van der Waals surface area contributed by atoms with Crippen molar-refractivity contribution in [2.75, 3.05) is 67.1 Å². The van der Waals surface area contributed by atoms with Gasteiger partial charge in [0.2, 0.25) is 0 Å². The van der Waals surface area contributed by atoms with Crippen LogP contribution < -0.4 is 14.7 Å². The minimum Gasteiger partial charge on any atom is -0.368 e. The number of aryl methyl sites for hydroxylation is 1. The van der Waals surface area contributed by atoms with E-state index in [9.17, 15) is 38.2 Å². The Kier molecular flexibility index (Phi) is 8.11. The normalized spacial score (nSPS) is 15.9. The summed E-state index contributed by atoms with van der Waals surface area (Å²) < 4.78 is 39.4. The molecule has 0 radical (unpaired) electrons. The molecule has 0 unspecified atom stereocenters. The van der Waals surface area contributed by atoms with E-state index in [0.717, 1.165) is 23.4 Å². The summed E-state index contributed by atoms with van der Waals surface area (Å²) in [5, 5.41) is 23.5. The van der Waals surface area contributed by atoms with Crippen LogP contribution in [0.25, 0.3) is 0 Å². The molecule has 2 aliphatic rings. The molecule has 2 fully saturated rings. The molecule has 0 saturated carbocycles. The fraction of sp³-hybridized carbons (Fsp3) is 0.345. The maximum absolute atomic E-state index is 13.1. The van der Waals surface area contributed by atoms with Crippen molar-refractivity contribution in [2.45, 2.75) is 13.1 Å². The molecule has 2 heterocycles. The summed E-state index contributed by atoms with van der Waals surface area (Å²) in [7, 11) is 0. The minimum absolute atomic E-state index is 0.0340. The number of benzene rings is 3. The van der Waals surface area contributed by atoms with Gasteiger partial charge in [-0.05, 0) is 42.8 Å². The molecular formula is C29H29F3N6O5. The molecule has 0 bridgehead atoms. The van der Waals surface area contributed by atoms with E-state index in [1.807, 2.05) is 36.1 Å². The van der Waals surface area contributed by atoms with Gasteiger partial charge in [-0.2, -0.15) is 13.2 Å². The first-order chi connectivity index (χ1) is 20.4. The second kappa shape index (κ2) is 11.8. The predicted molar refractivity (Wildman–Crippen MR) is 155 cm³/mol. The van der Waals surface area contributed by atoms with Crippen LogP contribution in [0.1, 0.15) is 21.5 Å². The van der Waals surface area contributed by atoms with Crippen molar-refractivity contribution in [3.63, 3.8) is 0 Å². The van der Waals surface area contributed by atoms with Crippen molar-refractivity contribution in [3.8, 4) is 0 Å². The molecular weight excluding hydrogens is 569 g/mol. The Bertz CT molecular complexity index is 1550. The Morgan fingerprint density at radius 1 is 0.721 bits per heavy atom. The SMILES string of the molecule is Cc1ccccc1C(=O)N1CCN(c2ccc([N+](=O)[O-])c(N3CCN(c4ccc(C(F)(F)F)cc4[N+](=O)[O-])CC3)c2)CC1. The summed E-state index contributed by atoms with van der Waals surface area (Å²) in [6, 6.07) is 14.7. The van der Waals surface area contributed by atoms with Gasteiger partial charge in [-0.1, -0.05) is 18.2 Å². The molecule has 226 valence electrons. The van der Waals surface area contributed by atoms with Gasteiger partial charge in [0.05, 0.1) is 15.4 Å². The molecule has 2 aliphatic heterocycles. The monoisotopic (exact) mass is 598 g/mol. The van der Waals surface area contributed by atoms with Gasteiger partial charge in [-0.15, -0.1) is 0 Å². The minimum atomic E-state index is -4.71. The third kappa shape index (κ3) is 6.17. The zero-order valence-corrected chi connectivity index (χ0v) is 23.3. The van der Waals surface area contributed by atoms with Gasteiger partial charge in [0, 0.05) is 75.7 Å². The van der Waals surface area contributed by atoms with Gasteiger partial charge in [0.1, 0.15) is 11.4 Å². The largest absolute Gasteiger partial charge is 0.416 e. The highest BCUT2D eigenvalue weighted by Gasteiger charge is 2.35. The summed E-state index contributed by atoms with van der Waals surface area (Å²) in [4.78, 5) is 42.5. The molecule has 11 nitrogen and oxygen atoms in total. The summed E-state index contributed by atoms with van der Waals surface area (Å²) in [5.74, 6) is -0.0340.